The summed E-state index contributed by atoms with van der Waals surface area (Å²) in [5, 5.41) is 10.7. The van der Waals surface area contributed by atoms with Crippen molar-refractivity contribution >= 4 is 27.5 Å². The number of aliphatic hydroxyl groups excluding tert-OH is 1. The lowest BCUT2D eigenvalue weighted by Crippen LogP contribution is -2.31. The van der Waals surface area contributed by atoms with E-state index in [0.717, 1.165) is 16.5 Å². The van der Waals surface area contributed by atoms with Gasteiger partial charge in [0.1, 0.15) is 0 Å². The summed E-state index contributed by atoms with van der Waals surface area (Å²) in [5.41, 5.74) is 6.89. The molecule has 0 aliphatic rings. The molecule has 0 saturated carbocycles. The second-order valence-corrected chi connectivity index (χ2v) is 5.36. The molecule has 4 heteroatoms. The summed E-state index contributed by atoms with van der Waals surface area (Å²) in [6.07, 6.45) is 0.340. The molecule has 0 aromatic heterocycles. The predicted molar refractivity (Wildman–Crippen MR) is 71.5 cm³/mol. The zero-order valence-corrected chi connectivity index (χ0v) is 11.8. The van der Waals surface area contributed by atoms with Gasteiger partial charge in [-0.1, -0.05) is 47.8 Å². The first kappa shape index (κ1) is 14.0. The minimum atomic E-state index is -0.556. The number of halogens is 2. The molecule has 1 unspecified atom stereocenters. The summed E-state index contributed by atoms with van der Waals surface area (Å²) in [7, 11) is 0. The molecule has 1 aromatic carbocycles. The maximum absolute atomic E-state index is 10.1. The van der Waals surface area contributed by atoms with Crippen molar-refractivity contribution in [1.82, 2.24) is 0 Å². The maximum atomic E-state index is 10.1. The molecule has 0 fully saturated rings. The Hall–Kier alpha value is -0.0900. The van der Waals surface area contributed by atoms with Crippen LogP contribution in [0, 0.1) is 5.92 Å². The van der Waals surface area contributed by atoms with E-state index in [-0.39, 0.29) is 5.92 Å². The van der Waals surface area contributed by atoms with Gasteiger partial charge in [-0.25, -0.2) is 0 Å². The zero-order valence-electron chi connectivity index (χ0n) is 9.45. The van der Waals surface area contributed by atoms with Gasteiger partial charge >= 0.3 is 0 Å². The molecule has 0 radical (unpaired) electrons. The molecule has 2 nitrogen and oxygen atoms in total. The van der Waals surface area contributed by atoms with Crippen LogP contribution >= 0.6 is 27.5 Å². The molecular weight excluding hydrogens is 289 g/mol. The van der Waals surface area contributed by atoms with Gasteiger partial charge in [0.25, 0.3) is 0 Å². The summed E-state index contributed by atoms with van der Waals surface area (Å²) in [6, 6.07) is 5.02. The normalized spacial score (nSPS) is 16.9. The van der Waals surface area contributed by atoms with E-state index in [1.165, 1.54) is 0 Å². The minimum Gasteiger partial charge on any atom is -0.391 e. The fourth-order valence-corrected chi connectivity index (χ4v) is 2.24. The number of benzene rings is 1. The van der Waals surface area contributed by atoms with Crippen LogP contribution in [0.2, 0.25) is 5.02 Å². The molecule has 0 aliphatic carbocycles. The van der Waals surface area contributed by atoms with Crippen LogP contribution in [0.5, 0.6) is 0 Å². The third kappa shape index (κ3) is 3.20. The highest BCUT2D eigenvalue weighted by Gasteiger charge is 2.23. The van der Waals surface area contributed by atoms with Crippen molar-refractivity contribution in [2.75, 3.05) is 0 Å². The molecule has 3 atom stereocenters. The van der Waals surface area contributed by atoms with Gasteiger partial charge in [0.15, 0.2) is 0 Å². The van der Waals surface area contributed by atoms with E-state index in [1.54, 1.807) is 12.1 Å². The van der Waals surface area contributed by atoms with Crippen LogP contribution in [0.25, 0.3) is 0 Å². The maximum Gasteiger partial charge on any atom is 0.0758 e. The molecule has 1 aromatic rings. The molecule has 0 heterocycles. The van der Waals surface area contributed by atoms with Crippen molar-refractivity contribution in [2.24, 2.45) is 11.7 Å². The zero-order chi connectivity index (χ0) is 12.3. The molecule has 0 aliphatic heterocycles. The number of aliphatic hydroxyl groups is 1. The van der Waals surface area contributed by atoms with Crippen LogP contribution in [0.3, 0.4) is 0 Å². The standard InChI is InChI=1S/C12H17BrClNO/c1-3-7(2)12(16)11(15)9-6-8(14)4-5-10(9)13/h4-7,11-12,16H,3,15H2,1-2H3/t7?,11-,12+/m0/s1. The lowest BCUT2D eigenvalue weighted by atomic mass is 9.92. The van der Waals surface area contributed by atoms with Crippen LogP contribution in [0.4, 0.5) is 0 Å². The largest absolute Gasteiger partial charge is 0.391 e. The van der Waals surface area contributed by atoms with Crippen molar-refractivity contribution in [3.8, 4) is 0 Å². The van der Waals surface area contributed by atoms with Crippen molar-refractivity contribution in [1.29, 1.82) is 0 Å². The summed E-state index contributed by atoms with van der Waals surface area (Å²) in [5.74, 6) is 0.167. The average Bonchev–Trinajstić information content (AvgIpc) is 2.29. The molecule has 0 amide bonds. The minimum absolute atomic E-state index is 0.167. The summed E-state index contributed by atoms with van der Waals surface area (Å²) < 4.78 is 0.881. The quantitative estimate of drug-likeness (QED) is 0.894. The van der Waals surface area contributed by atoms with E-state index >= 15 is 0 Å². The predicted octanol–water partition coefficient (Wildman–Crippen LogP) is 3.51. The van der Waals surface area contributed by atoms with E-state index in [1.807, 2.05) is 19.9 Å². The smallest absolute Gasteiger partial charge is 0.0758 e. The van der Waals surface area contributed by atoms with Gasteiger partial charge in [-0.3, -0.25) is 0 Å². The van der Waals surface area contributed by atoms with Crippen LogP contribution in [-0.4, -0.2) is 11.2 Å². The molecule has 0 bridgehead atoms. The Labute approximate surface area is 110 Å². The van der Waals surface area contributed by atoms with Crippen molar-refractivity contribution in [2.45, 2.75) is 32.4 Å². The Balaban J connectivity index is 2.95. The number of hydrogen-bond donors (Lipinski definition) is 2. The highest BCUT2D eigenvalue weighted by Crippen LogP contribution is 2.29. The van der Waals surface area contributed by atoms with E-state index in [0.29, 0.717) is 5.02 Å². The Morgan fingerprint density at radius 3 is 2.69 bits per heavy atom. The van der Waals surface area contributed by atoms with Gasteiger partial charge in [0.2, 0.25) is 0 Å². The number of hydrogen-bond acceptors (Lipinski definition) is 2. The first-order valence-corrected chi connectivity index (χ1v) is 6.53. The Kier molecular flexibility index (Phi) is 5.25. The fourth-order valence-electron chi connectivity index (χ4n) is 1.55. The van der Waals surface area contributed by atoms with Gasteiger partial charge in [0, 0.05) is 9.50 Å². The van der Waals surface area contributed by atoms with E-state index in [4.69, 9.17) is 17.3 Å². The highest BCUT2D eigenvalue weighted by molar-refractivity contribution is 9.10. The Morgan fingerprint density at radius 2 is 2.12 bits per heavy atom. The van der Waals surface area contributed by atoms with E-state index < -0.39 is 12.1 Å². The summed E-state index contributed by atoms with van der Waals surface area (Å²) in [4.78, 5) is 0. The summed E-state index contributed by atoms with van der Waals surface area (Å²) >= 11 is 9.34. The third-order valence-corrected chi connectivity index (χ3v) is 3.87. The van der Waals surface area contributed by atoms with E-state index in [9.17, 15) is 5.11 Å². The molecule has 90 valence electrons. The topological polar surface area (TPSA) is 46.2 Å². The third-order valence-electron chi connectivity index (χ3n) is 2.91. The molecule has 1 rings (SSSR count). The van der Waals surface area contributed by atoms with Crippen LogP contribution < -0.4 is 5.73 Å². The first-order valence-electron chi connectivity index (χ1n) is 5.36. The van der Waals surface area contributed by atoms with Crippen molar-refractivity contribution in [3.05, 3.63) is 33.3 Å². The SMILES string of the molecule is CCC(C)[C@@H](O)[C@@H](N)c1cc(Cl)ccc1Br. The molecule has 3 N–H and O–H groups in total. The molecule has 0 spiro atoms. The van der Waals surface area contributed by atoms with Gasteiger partial charge in [0.05, 0.1) is 12.1 Å². The van der Waals surface area contributed by atoms with Gasteiger partial charge in [-0.2, -0.15) is 0 Å². The fraction of sp³-hybridized carbons (Fsp3) is 0.500. The van der Waals surface area contributed by atoms with Crippen LogP contribution in [-0.2, 0) is 0 Å². The molecular formula is C12H17BrClNO. The summed E-state index contributed by atoms with van der Waals surface area (Å²) in [6.45, 7) is 4.02. The van der Waals surface area contributed by atoms with Crippen molar-refractivity contribution in [3.63, 3.8) is 0 Å². The Bertz CT molecular complexity index is 359. The Morgan fingerprint density at radius 1 is 1.50 bits per heavy atom. The lowest BCUT2D eigenvalue weighted by Gasteiger charge is -2.25. The van der Waals surface area contributed by atoms with E-state index in [2.05, 4.69) is 15.9 Å². The monoisotopic (exact) mass is 305 g/mol. The highest BCUT2D eigenvalue weighted by atomic mass is 79.9. The number of nitrogens with two attached hydrogens (primary N) is 1. The molecule has 0 saturated heterocycles. The second kappa shape index (κ2) is 6.01. The molecule has 16 heavy (non-hydrogen) atoms. The van der Waals surface area contributed by atoms with Gasteiger partial charge in [-0.15, -0.1) is 0 Å². The van der Waals surface area contributed by atoms with Gasteiger partial charge < -0.3 is 10.8 Å². The second-order valence-electron chi connectivity index (χ2n) is 4.07. The lowest BCUT2D eigenvalue weighted by molar-refractivity contribution is 0.0878. The first-order chi connectivity index (χ1) is 7.47. The van der Waals surface area contributed by atoms with Gasteiger partial charge in [-0.05, 0) is 29.7 Å². The average molecular weight is 307 g/mol. The number of rotatable bonds is 4. The van der Waals surface area contributed by atoms with Crippen molar-refractivity contribution < 1.29 is 5.11 Å². The van der Waals surface area contributed by atoms with Crippen LogP contribution in [0.1, 0.15) is 31.9 Å². The van der Waals surface area contributed by atoms with Crippen LogP contribution in [0.15, 0.2) is 22.7 Å².